The molecule has 1 aliphatic heterocycles. The van der Waals surface area contributed by atoms with Gasteiger partial charge in [-0.15, -0.1) is 0 Å². The lowest BCUT2D eigenvalue weighted by atomic mass is 9.88. The van der Waals surface area contributed by atoms with Crippen LogP contribution in [0.5, 0.6) is 0 Å². The number of rotatable bonds is 4. The largest absolute Gasteiger partial charge is 0.388 e. The van der Waals surface area contributed by atoms with Crippen LogP contribution in [-0.2, 0) is 11.3 Å². The topological polar surface area (TPSA) is 128 Å². The molecule has 32 heavy (non-hydrogen) atoms. The van der Waals surface area contributed by atoms with Crippen molar-refractivity contribution >= 4 is 33.9 Å². The molecule has 0 bridgehead atoms. The number of aromatic nitrogens is 6. The Hall–Kier alpha value is -3.53. The van der Waals surface area contributed by atoms with Gasteiger partial charge in [0, 0.05) is 26.1 Å². The molecule has 1 aromatic carbocycles. The van der Waals surface area contributed by atoms with Crippen molar-refractivity contribution in [3.63, 3.8) is 0 Å². The van der Waals surface area contributed by atoms with Gasteiger partial charge >= 0.3 is 0 Å². The van der Waals surface area contributed by atoms with Crippen molar-refractivity contribution in [2.45, 2.75) is 44.9 Å². The van der Waals surface area contributed by atoms with Crippen molar-refractivity contribution in [3.8, 4) is 0 Å². The smallest absolute Gasteiger partial charge is 0.224 e. The zero-order valence-electron chi connectivity index (χ0n) is 18.1. The first-order valence-corrected chi connectivity index (χ1v) is 10.7. The minimum Gasteiger partial charge on any atom is -0.388 e. The molecule has 1 amide bonds. The van der Waals surface area contributed by atoms with Gasteiger partial charge in [-0.25, -0.2) is 19.9 Å². The van der Waals surface area contributed by atoms with E-state index in [1.807, 2.05) is 36.1 Å². The van der Waals surface area contributed by atoms with E-state index < -0.39 is 11.6 Å². The SMILES string of the molecule is Cc1nc2ccccc2n1CCC(=O)N1CC[C@@](C)(O)[C@H](n2cnc3c(N)ncnc32)C1. The molecule has 0 aliphatic carbocycles. The zero-order chi connectivity index (χ0) is 22.5. The maximum atomic E-state index is 13.1. The van der Waals surface area contributed by atoms with Crippen molar-refractivity contribution in [1.29, 1.82) is 0 Å². The molecule has 4 aromatic rings. The molecule has 3 N–H and O–H groups in total. The Bertz CT molecular complexity index is 1310. The molecule has 1 fully saturated rings. The van der Waals surface area contributed by atoms with Gasteiger partial charge in [0.1, 0.15) is 17.7 Å². The second-order valence-corrected chi connectivity index (χ2v) is 8.60. The van der Waals surface area contributed by atoms with Gasteiger partial charge in [-0.3, -0.25) is 4.79 Å². The third kappa shape index (κ3) is 3.36. The van der Waals surface area contributed by atoms with E-state index in [1.165, 1.54) is 6.33 Å². The van der Waals surface area contributed by atoms with Crippen LogP contribution >= 0.6 is 0 Å². The molecular weight excluding hydrogens is 408 g/mol. The molecule has 3 aromatic heterocycles. The third-order valence-corrected chi connectivity index (χ3v) is 6.47. The number of amides is 1. The fourth-order valence-corrected chi connectivity index (χ4v) is 4.58. The van der Waals surface area contributed by atoms with Crippen LogP contribution in [0.2, 0.25) is 0 Å². The second kappa shape index (κ2) is 7.56. The van der Waals surface area contributed by atoms with E-state index in [0.717, 1.165) is 16.9 Å². The first-order chi connectivity index (χ1) is 15.3. The van der Waals surface area contributed by atoms with Crippen LogP contribution in [0.15, 0.2) is 36.9 Å². The van der Waals surface area contributed by atoms with Crippen LogP contribution < -0.4 is 5.73 Å². The quantitative estimate of drug-likeness (QED) is 0.500. The number of nitrogens with two attached hydrogens (primary N) is 1. The number of likely N-dealkylation sites (tertiary alicyclic amines) is 1. The first kappa shape index (κ1) is 20.4. The fraction of sp³-hybridized carbons (Fsp3) is 0.409. The average molecular weight is 435 g/mol. The molecule has 4 heterocycles. The van der Waals surface area contributed by atoms with Gasteiger partial charge in [-0.2, -0.15) is 0 Å². The summed E-state index contributed by atoms with van der Waals surface area (Å²) in [5.74, 6) is 1.22. The van der Waals surface area contributed by atoms with Crippen LogP contribution in [0.25, 0.3) is 22.2 Å². The van der Waals surface area contributed by atoms with Crippen molar-refractivity contribution in [2.24, 2.45) is 0 Å². The maximum absolute atomic E-state index is 13.1. The Balaban J connectivity index is 1.36. The van der Waals surface area contributed by atoms with Crippen LogP contribution in [0.3, 0.4) is 0 Å². The van der Waals surface area contributed by atoms with E-state index in [2.05, 4.69) is 24.5 Å². The number of carbonyl (C=O) groups is 1. The van der Waals surface area contributed by atoms with Crippen LogP contribution in [0.1, 0.15) is 31.6 Å². The van der Waals surface area contributed by atoms with Crippen molar-refractivity contribution in [3.05, 3.63) is 42.7 Å². The number of fused-ring (bicyclic) bond motifs is 2. The number of anilines is 1. The minimum absolute atomic E-state index is 0.0428. The van der Waals surface area contributed by atoms with E-state index in [1.54, 1.807) is 17.8 Å². The maximum Gasteiger partial charge on any atom is 0.224 e. The normalized spacial score (nSPS) is 21.5. The number of aliphatic hydroxyl groups is 1. The molecule has 0 spiro atoms. The summed E-state index contributed by atoms with van der Waals surface area (Å²) in [6.45, 7) is 5.16. The lowest BCUT2D eigenvalue weighted by Crippen LogP contribution is -2.52. The van der Waals surface area contributed by atoms with Gasteiger partial charge < -0.3 is 24.9 Å². The number of benzene rings is 1. The van der Waals surface area contributed by atoms with Crippen LogP contribution in [0, 0.1) is 6.92 Å². The Morgan fingerprint density at radius 2 is 2.09 bits per heavy atom. The van der Waals surface area contributed by atoms with E-state index in [9.17, 15) is 9.90 Å². The van der Waals surface area contributed by atoms with Gasteiger partial charge in [-0.1, -0.05) is 12.1 Å². The lowest BCUT2D eigenvalue weighted by Gasteiger charge is -2.43. The van der Waals surface area contributed by atoms with Crippen molar-refractivity contribution < 1.29 is 9.90 Å². The van der Waals surface area contributed by atoms with Crippen LogP contribution in [0.4, 0.5) is 5.82 Å². The Morgan fingerprint density at radius 1 is 1.28 bits per heavy atom. The molecular formula is C22H26N8O2. The predicted molar refractivity (Wildman–Crippen MR) is 120 cm³/mol. The molecule has 1 aliphatic rings. The minimum atomic E-state index is -1.01. The lowest BCUT2D eigenvalue weighted by molar-refractivity contribution is -0.138. The van der Waals surface area contributed by atoms with Gasteiger partial charge in [0.2, 0.25) is 5.91 Å². The highest BCUT2D eigenvalue weighted by atomic mass is 16.3. The highest BCUT2D eigenvalue weighted by Crippen LogP contribution is 2.34. The fourth-order valence-electron chi connectivity index (χ4n) is 4.58. The molecule has 166 valence electrons. The van der Waals surface area contributed by atoms with E-state index in [0.29, 0.717) is 49.5 Å². The Labute approximate surface area is 184 Å². The molecule has 2 atom stereocenters. The summed E-state index contributed by atoms with van der Waals surface area (Å²) in [6.07, 6.45) is 3.81. The summed E-state index contributed by atoms with van der Waals surface area (Å²) in [5.41, 5.74) is 7.91. The first-order valence-electron chi connectivity index (χ1n) is 10.7. The summed E-state index contributed by atoms with van der Waals surface area (Å²) in [5, 5.41) is 11.1. The zero-order valence-corrected chi connectivity index (χ0v) is 18.1. The summed E-state index contributed by atoms with van der Waals surface area (Å²) >= 11 is 0. The molecule has 10 nitrogen and oxygen atoms in total. The van der Waals surface area contributed by atoms with Gasteiger partial charge in [0.15, 0.2) is 11.5 Å². The number of hydrogen-bond acceptors (Lipinski definition) is 7. The second-order valence-electron chi connectivity index (χ2n) is 8.60. The van der Waals surface area contributed by atoms with Crippen molar-refractivity contribution in [2.75, 3.05) is 18.8 Å². The highest BCUT2D eigenvalue weighted by Gasteiger charge is 2.41. The predicted octanol–water partition coefficient (Wildman–Crippen LogP) is 1.68. The van der Waals surface area contributed by atoms with E-state index >= 15 is 0 Å². The molecule has 1 saturated heterocycles. The van der Waals surface area contributed by atoms with Gasteiger partial charge in [0.05, 0.1) is 29.0 Å². The molecule has 5 rings (SSSR count). The molecule has 0 radical (unpaired) electrons. The summed E-state index contributed by atoms with van der Waals surface area (Å²) < 4.78 is 3.88. The highest BCUT2D eigenvalue weighted by molar-refractivity contribution is 5.81. The summed E-state index contributed by atoms with van der Waals surface area (Å²) in [4.78, 5) is 32.1. The number of carbonyl (C=O) groups excluding carboxylic acids is 1. The number of para-hydroxylation sites is 2. The number of aryl methyl sites for hydroxylation is 2. The standard InChI is InChI=1S/C22H26N8O2/c1-14-27-15-5-3-4-6-16(15)29(14)9-7-18(31)28-10-8-22(2,32)17(11-28)30-13-26-19-20(23)24-12-25-21(19)30/h3-6,12-13,17,32H,7-11H2,1-2H3,(H2,23,24,25)/t17-,22-/m1/s1. The third-order valence-electron chi connectivity index (χ3n) is 6.47. The van der Waals surface area contributed by atoms with Crippen LogP contribution in [-0.4, -0.2) is 63.7 Å². The number of hydrogen-bond donors (Lipinski definition) is 2. The number of nitrogen functional groups attached to an aromatic ring is 1. The summed E-state index contributed by atoms with van der Waals surface area (Å²) in [7, 11) is 0. The van der Waals surface area contributed by atoms with Gasteiger partial charge in [-0.05, 0) is 32.4 Å². The Morgan fingerprint density at radius 3 is 2.94 bits per heavy atom. The molecule has 10 heteroatoms. The monoisotopic (exact) mass is 434 g/mol. The average Bonchev–Trinajstić information content (AvgIpc) is 3.33. The number of piperidine rings is 1. The Kier molecular flexibility index (Phi) is 4.81. The van der Waals surface area contributed by atoms with E-state index in [-0.39, 0.29) is 5.91 Å². The summed E-state index contributed by atoms with van der Waals surface area (Å²) in [6, 6.07) is 7.54. The molecule has 0 saturated carbocycles. The van der Waals surface area contributed by atoms with Crippen molar-refractivity contribution in [1.82, 2.24) is 34.0 Å². The number of nitrogens with zero attached hydrogens (tertiary/aromatic N) is 7. The number of imidazole rings is 2. The van der Waals surface area contributed by atoms with Gasteiger partial charge in [0.25, 0.3) is 0 Å². The van der Waals surface area contributed by atoms with E-state index in [4.69, 9.17) is 5.73 Å². The molecule has 0 unspecified atom stereocenters.